The summed E-state index contributed by atoms with van der Waals surface area (Å²) in [6.07, 6.45) is 3.27. The van der Waals surface area contributed by atoms with Crippen LogP contribution in [-0.2, 0) is 4.79 Å². The van der Waals surface area contributed by atoms with Crippen LogP contribution < -0.4 is 4.74 Å². The Labute approximate surface area is 171 Å². The van der Waals surface area contributed by atoms with Gasteiger partial charge in [0.2, 0.25) is 5.91 Å². The zero-order valence-corrected chi connectivity index (χ0v) is 16.7. The summed E-state index contributed by atoms with van der Waals surface area (Å²) in [5.74, 6) is -0.136. The first-order chi connectivity index (χ1) is 14.0. The third-order valence-corrected chi connectivity index (χ3v) is 5.33. The number of carbonyl (C=O) groups excluding carboxylic acids is 1. The van der Waals surface area contributed by atoms with E-state index in [1.165, 1.54) is 17.7 Å². The number of carboxylic acids is 1. The Balaban J connectivity index is 1.54. The zero-order chi connectivity index (χ0) is 20.8. The first kappa shape index (κ1) is 20.6. The lowest BCUT2D eigenvalue weighted by molar-refractivity contribution is -0.127. The summed E-state index contributed by atoms with van der Waals surface area (Å²) < 4.78 is 5.31. The third kappa shape index (κ3) is 5.23. The fraction of sp³-hybridized carbons (Fsp3) is 0.304. The quantitative estimate of drug-likeness (QED) is 0.761. The van der Waals surface area contributed by atoms with Gasteiger partial charge in [0, 0.05) is 38.3 Å². The molecule has 0 spiro atoms. The highest BCUT2D eigenvalue weighted by Crippen LogP contribution is 2.25. The van der Waals surface area contributed by atoms with E-state index in [2.05, 4.69) is 24.0 Å². The molecule has 0 aromatic heterocycles. The number of hydrogen-bond donors (Lipinski definition) is 1. The largest absolute Gasteiger partial charge is 0.497 e. The number of carboxylic acid groups (broad SMARTS) is 1. The normalized spacial score (nSPS) is 16.0. The van der Waals surface area contributed by atoms with E-state index in [1.807, 2.05) is 17.0 Å². The van der Waals surface area contributed by atoms with Gasteiger partial charge < -0.3 is 14.7 Å². The number of amides is 1. The average molecular weight is 394 g/mol. The van der Waals surface area contributed by atoms with Crippen LogP contribution in [0.15, 0.2) is 54.6 Å². The second-order valence-electron chi connectivity index (χ2n) is 7.07. The second kappa shape index (κ2) is 9.39. The second-order valence-corrected chi connectivity index (χ2v) is 7.07. The van der Waals surface area contributed by atoms with Crippen molar-refractivity contribution in [2.24, 2.45) is 0 Å². The number of ether oxygens (including phenoxy) is 1. The van der Waals surface area contributed by atoms with Crippen LogP contribution in [0.25, 0.3) is 6.08 Å². The van der Waals surface area contributed by atoms with Crippen LogP contribution in [-0.4, -0.2) is 60.1 Å². The minimum atomic E-state index is -0.961. The number of piperazine rings is 1. The molecule has 1 atom stereocenters. The molecule has 1 unspecified atom stereocenters. The predicted octanol–water partition coefficient (Wildman–Crippen LogP) is 3.31. The van der Waals surface area contributed by atoms with Crippen LogP contribution in [0, 0.1) is 0 Å². The van der Waals surface area contributed by atoms with E-state index in [0.29, 0.717) is 13.1 Å². The summed E-state index contributed by atoms with van der Waals surface area (Å²) in [4.78, 5) is 27.6. The molecule has 1 amide bonds. The van der Waals surface area contributed by atoms with E-state index in [1.54, 1.807) is 31.4 Å². The van der Waals surface area contributed by atoms with Crippen LogP contribution in [0.2, 0.25) is 0 Å². The molecule has 1 saturated heterocycles. The Morgan fingerprint density at radius 2 is 1.76 bits per heavy atom. The van der Waals surface area contributed by atoms with Crippen LogP contribution in [0.4, 0.5) is 0 Å². The lowest BCUT2D eigenvalue weighted by Gasteiger charge is -2.38. The number of benzene rings is 2. The zero-order valence-electron chi connectivity index (χ0n) is 16.7. The molecule has 6 heteroatoms. The molecule has 29 heavy (non-hydrogen) atoms. The van der Waals surface area contributed by atoms with E-state index < -0.39 is 5.97 Å². The van der Waals surface area contributed by atoms with Crippen LogP contribution in [0.3, 0.4) is 0 Å². The number of hydrogen-bond acceptors (Lipinski definition) is 4. The van der Waals surface area contributed by atoms with E-state index in [9.17, 15) is 9.59 Å². The van der Waals surface area contributed by atoms with Gasteiger partial charge in [0.25, 0.3) is 0 Å². The van der Waals surface area contributed by atoms with Gasteiger partial charge in [0.15, 0.2) is 0 Å². The van der Waals surface area contributed by atoms with Crippen molar-refractivity contribution >= 4 is 18.0 Å². The standard InChI is InChI=1S/C23H26N2O4/c1-17(20-4-3-5-21(16-20)29-2)24-12-14-25(15-13-24)22(26)11-8-18-6-9-19(10-7-18)23(27)28/h3-11,16-17H,12-15H2,1-2H3,(H,27,28)/b11-8+. The van der Waals surface area contributed by atoms with Gasteiger partial charge in [-0.3, -0.25) is 9.69 Å². The molecular weight excluding hydrogens is 368 g/mol. The molecule has 1 N–H and O–H groups in total. The smallest absolute Gasteiger partial charge is 0.335 e. The lowest BCUT2D eigenvalue weighted by Crippen LogP contribution is -2.48. The van der Waals surface area contributed by atoms with E-state index >= 15 is 0 Å². The summed E-state index contributed by atoms with van der Waals surface area (Å²) in [5.41, 5.74) is 2.23. The monoisotopic (exact) mass is 394 g/mol. The van der Waals surface area contributed by atoms with Crippen molar-refractivity contribution in [3.8, 4) is 5.75 Å². The molecule has 1 fully saturated rings. The summed E-state index contributed by atoms with van der Waals surface area (Å²) in [5, 5.41) is 8.93. The summed E-state index contributed by atoms with van der Waals surface area (Å²) >= 11 is 0. The summed E-state index contributed by atoms with van der Waals surface area (Å²) in [6.45, 7) is 5.15. The highest BCUT2D eigenvalue weighted by atomic mass is 16.5. The summed E-state index contributed by atoms with van der Waals surface area (Å²) in [6, 6.07) is 14.8. The van der Waals surface area contributed by atoms with Gasteiger partial charge in [-0.05, 0) is 48.4 Å². The van der Waals surface area contributed by atoms with Crippen molar-refractivity contribution in [2.45, 2.75) is 13.0 Å². The molecule has 1 aliphatic heterocycles. The third-order valence-electron chi connectivity index (χ3n) is 5.33. The van der Waals surface area contributed by atoms with E-state index in [0.717, 1.165) is 24.4 Å². The Morgan fingerprint density at radius 3 is 2.38 bits per heavy atom. The van der Waals surface area contributed by atoms with E-state index in [-0.39, 0.29) is 17.5 Å². The van der Waals surface area contributed by atoms with Crippen LogP contribution >= 0.6 is 0 Å². The molecule has 2 aromatic carbocycles. The first-order valence-corrected chi connectivity index (χ1v) is 9.66. The molecule has 0 bridgehead atoms. The maximum absolute atomic E-state index is 12.5. The maximum Gasteiger partial charge on any atom is 0.335 e. The molecule has 1 aliphatic rings. The van der Waals surface area contributed by atoms with Gasteiger partial charge in [0.1, 0.15) is 5.75 Å². The predicted molar refractivity (Wildman–Crippen MR) is 112 cm³/mol. The molecule has 0 aliphatic carbocycles. The molecule has 3 rings (SSSR count). The number of methoxy groups -OCH3 is 1. The van der Waals surface area contributed by atoms with Gasteiger partial charge in [0.05, 0.1) is 12.7 Å². The van der Waals surface area contributed by atoms with Gasteiger partial charge in [-0.15, -0.1) is 0 Å². The van der Waals surface area contributed by atoms with Crippen molar-refractivity contribution in [1.82, 2.24) is 9.80 Å². The van der Waals surface area contributed by atoms with Crippen LogP contribution in [0.5, 0.6) is 5.75 Å². The van der Waals surface area contributed by atoms with Crippen molar-refractivity contribution < 1.29 is 19.4 Å². The van der Waals surface area contributed by atoms with Gasteiger partial charge >= 0.3 is 5.97 Å². The highest BCUT2D eigenvalue weighted by Gasteiger charge is 2.24. The topological polar surface area (TPSA) is 70.1 Å². The molecule has 0 radical (unpaired) electrons. The first-order valence-electron chi connectivity index (χ1n) is 9.66. The Morgan fingerprint density at radius 1 is 1.07 bits per heavy atom. The van der Waals surface area contributed by atoms with Gasteiger partial charge in [-0.25, -0.2) is 4.79 Å². The number of carbonyl (C=O) groups is 2. The van der Waals surface area contributed by atoms with Crippen molar-refractivity contribution in [3.63, 3.8) is 0 Å². The Hall–Kier alpha value is -3.12. The highest BCUT2D eigenvalue weighted by molar-refractivity contribution is 5.92. The van der Waals surface area contributed by atoms with Crippen molar-refractivity contribution in [3.05, 3.63) is 71.3 Å². The molecule has 0 saturated carbocycles. The van der Waals surface area contributed by atoms with Crippen LogP contribution in [0.1, 0.15) is 34.5 Å². The number of aromatic carboxylic acids is 1. The minimum Gasteiger partial charge on any atom is -0.497 e. The molecular formula is C23H26N2O4. The Bertz CT molecular complexity index is 884. The van der Waals surface area contributed by atoms with Gasteiger partial charge in [-0.2, -0.15) is 0 Å². The van der Waals surface area contributed by atoms with Gasteiger partial charge in [-0.1, -0.05) is 24.3 Å². The molecule has 6 nitrogen and oxygen atoms in total. The van der Waals surface area contributed by atoms with E-state index in [4.69, 9.17) is 9.84 Å². The Kier molecular flexibility index (Phi) is 6.67. The number of rotatable bonds is 6. The SMILES string of the molecule is COc1cccc(C(C)N2CCN(C(=O)/C=C/c3ccc(C(=O)O)cc3)CC2)c1. The molecule has 1 heterocycles. The minimum absolute atomic E-state index is 0.0269. The fourth-order valence-electron chi connectivity index (χ4n) is 3.45. The fourth-order valence-corrected chi connectivity index (χ4v) is 3.45. The number of nitrogens with zero attached hydrogens (tertiary/aromatic N) is 2. The summed E-state index contributed by atoms with van der Waals surface area (Å²) in [7, 11) is 1.67. The van der Waals surface area contributed by atoms with Crippen molar-refractivity contribution in [1.29, 1.82) is 0 Å². The molecule has 152 valence electrons. The lowest BCUT2D eigenvalue weighted by atomic mass is 10.1. The molecule has 2 aromatic rings. The van der Waals surface area contributed by atoms with Crippen molar-refractivity contribution in [2.75, 3.05) is 33.3 Å². The average Bonchev–Trinajstić information content (AvgIpc) is 2.77. The maximum atomic E-state index is 12.5.